The van der Waals surface area contributed by atoms with Gasteiger partial charge in [-0.25, -0.2) is 50.4 Å². The Morgan fingerprint density at radius 3 is 1.14 bits per heavy atom. The summed E-state index contributed by atoms with van der Waals surface area (Å²) in [6.07, 6.45) is 10.1. The number of ketones is 1. The molecule has 6 aromatic heterocycles. The van der Waals surface area contributed by atoms with E-state index in [-0.39, 0.29) is 73.3 Å². The number of hydrogen-bond donors (Lipinski definition) is 3. The van der Waals surface area contributed by atoms with Crippen molar-refractivity contribution < 1.29 is 35.9 Å². The van der Waals surface area contributed by atoms with E-state index in [1.165, 1.54) is 45.4 Å². The number of aryl methyl sites for hydroxylation is 6. The molecule has 3 saturated carbocycles. The molecule has 0 bridgehead atoms. The van der Waals surface area contributed by atoms with Gasteiger partial charge in [0.2, 0.25) is 17.8 Å². The number of allylic oxidation sites excluding steroid dienone is 1. The summed E-state index contributed by atoms with van der Waals surface area (Å²) in [5.41, 5.74) is 5.98. The van der Waals surface area contributed by atoms with Crippen molar-refractivity contribution in [3.63, 3.8) is 0 Å². The van der Waals surface area contributed by atoms with Crippen LogP contribution in [-0.2, 0) is 4.74 Å². The topological polar surface area (TPSA) is 193 Å². The number of carbonyl (C=O) groups is 1. The first-order valence-corrected chi connectivity index (χ1v) is 40.2. The van der Waals surface area contributed by atoms with Crippen molar-refractivity contribution in [2.45, 2.75) is 248 Å². The maximum Gasteiger partial charge on any atom is 0.254 e. The van der Waals surface area contributed by atoms with Gasteiger partial charge in [0.05, 0.1) is 23.7 Å². The molecule has 0 unspecified atom stereocenters. The molecule has 0 aromatic carbocycles. The molecule has 0 atom stereocenters. The maximum absolute atomic E-state index is 13.4. The first-order valence-electron chi connectivity index (χ1n) is 32.3. The summed E-state index contributed by atoms with van der Waals surface area (Å²) in [4.78, 5) is 38.2. The monoisotopic (exact) mass is 1400 g/mol. The van der Waals surface area contributed by atoms with Crippen LogP contribution in [-0.4, -0.2) is 126 Å². The van der Waals surface area contributed by atoms with E-state index in [2.05, 4.69) is 102 Å². The zero-order valence-corrected chi connectivity index (χ0v) is 59.1. The van der Waals surface area contributed by atoms with Crippen molar-refractivity contribution in [2.24, 2.45) is 0 Å². The molecule has 17 nitrogen and oxygen atoms in total. The van der Waals surface area contributed by atoms with E-state index in [1.54, 1.807) is 49.1 Å². The molecule has 91 heavy (non-hydrogen) atoms. The first-order chi connectivity index (χ1) is 42.9. The Morgan fingerprint density at radius 1 is 0.527 bits per heavy atom. The second-order valence-corrected chi connectivity index (χ2v) is 39.3. The predicted octanol–water partition coefficient (Wildman–Crippen LogP) is 17.6. The standard InChI is InChI=1S/C19H25F2N5O.C17H21F2N5O.C15H18ClF2N5.3C4H9.C3H5.Sn/c1-5-27-14(4)16-11-17(22-15-6-8-19(20,21)9-7-15)24-18(23-16)26-13(3)10-12(2)25-26;1-10-8-11(2)24(23-10)16-21-14(12(3)25)9-15(22-16)20-13-4-6-17(18,19)7-5-13;1-9-7-10(2)23(22-9)14-20-12(16)8-13(21-14)19-11-3-5-15(17,18)6-4-11;3*1-3-4-2;1-3-2;/h10-11,15H,4-9H2,1-3H3,(H,22,23,24);8-9,13H,4-7H2,1-3H3,(H,20,21,22);7-8,11H,3-6H2,1-2H3,(H,19,20,21);3*1,3-4H2,2H3;1H2,2H3;. The molecule has 3 aliphatic carbocycles. The summed E-state index contributed by atoms with van der Waals surface area (Å²) in [6, 6.07) is 10.5. The summed E-state index contributed by atoms with van der Waals surface area (Å²) >= 11 is 4.13. The Kier molecular flexibility index (Phi) is 27.3. The van der Waals surface area contributed by atoms with Gasteiger partial charge >= 0.3 is 108 Å². The number of carbonyl (C=O) groups excluding carboxylic acids is 1. The fourth-order valence-corrected chi connectivity index (χ4v) is 26.4. The Bertz CT molecular complexity index is 3320. The molecule has 0 spiro atoms. The minimum absolute atomic E-state index is 0.0334. The number of alkyl halides is 6. The van der Waals surface area contributed by atoms with Crippen LogP contribution in [0.1, 0.15) is 207 Å². The van der Waals surface area contributed by atoms with Gasteiger partial charge in [-0.3, -0.25) is 4.79 Å². The van der Waals surface area contributed by atoms with E-state index in [9.17, 15) is 31.1 Å². The minimum atomic E-state index is -2.58. The van der Waals surface area contributed by atoms with Crippen LogP contribution in [0, 0.1) is 41.5 Å². The molecule has 0 amide bonds. The Hall–Kier alpha value is -6.11. The number of ether oxygens (including phenoxy) is 1. The third-order valence-corrected chi connectivity index (χ3v) is 33.4. The number of unbranched alkanes of at least 4 members (excludes halogenated alkanes) is 3. The second kappa shape index (κ2) is 33.6. The molecule has 0 saturated heterocycles. The molecule has 6 aromatic rings. The molecule has 500 valence electrons. The van der Waals surface area contributed by atoms with E-state index in [4.69, 9.17) is 16.3 Å². The van der Waals surface area contributed by atoms with Crippen LogP contribution in [0.25, 0.3) is 23.6 Å². The number of nitrogens with one attached hydrogen (secondary N) is 3. The van der Waals surface area contributed by atoms with Crippen molar-refractivity contribution in [2.75, 3.05) is 22.6 Å². The molecular weight excluding hydrogens is 1300 g/mol. The van der Waals surface area contributed by atoms with Gasteiger partial charge in [0, 0.05) is 98.9 Å². The zero-order valence-electron chi connectivity index (χ0n) is 55.5. The van der Waals surface area contributed by atoms with Crippen LogP contribution in [0.4, 0.5) is 43.8 Å². The van der Waals surface area contributed by atoms with Gasteiger partial charge in [0.25, 0.3) is 17.8 Å². The molecule has 3 aliphatic rings. The summed E-state index contributed by atoms with van der Waals surface area (Å²) in [6.45, 7) is 32.7. The van der Waals surface area contributed by atoms with Crippen molar-refractivity contribution in [1.29, 1.82) is 0 Å². The second-order valence-electron chi connectivity index (χ2n) is 24.9. The molecular formula is C66H96ClF6N15O2Sn. The third kappa shape index (κ3) is 22.6. The number of anilines is 3. The summed E-state index contributed by atoms with van der Waals surface area (Å²) in [5, 5.41) is 23.0. The van der Waals surface area contributed by atoms with Crippen molar-refractivity contribution in [3.8, 4) is 17.8 Å². The number of nitrogens with zero attached hydrogens (tertiary/aromatic N) is 12. The fraction of sp³-hybridized carbons (Fsp3) is 0.606. The molecule has 0 aliphatic heterocycles. The van der Waals surface area contributed by atoms with Gasteiger partial charge in [-0.2, -0.15) is 35.2 Å². The quantitative estimate of drug-likeness (QED) is 0.0180. The predicted molar refractivity (Wildman–Crippen MR) is 354 cm³/mol. The van der Waals surface area contributed by atoms with Gasteiger partial charge < -0.3 is 20.7 Å². The normalized spacial score (nSPS) is 16.5. The van der Waals surface area contributed by atoms with Crippen molar-refractivity contribution in [3.05, 3.63) is 104 Å². The first kappa shape index (κ1) is 73.9. The van der Waals surface area contributed by atoms with Gasteiger partial charge in [-0.1, -0.05) is 18.2 Å². The minimum Gasteiger partial charge on any atom is -0.367 e. The van der Waals surface area contributed by atoms with Gasteiger partial charge in [0.15, 0.2) is 5.78 Å². The van der Waals surface area contributed by atoms with E-state index in [0.29, 0.717) is 91.9 Å². The van der Waals surface area contributed by atoms with E-state index in [0.717, 1.165) is 34.2 Å². The maximum atomic E-state index is 13.4. The van der Waals surface area contributed by atoms with Crippen LogP contribution < -0.4 is 16.0 Å². The fourth-order valence-electron chi connectivity index (χ4n) is 11.6. The molecule has 0 radical (unpaired) electrons. The van der Waals surface area contributed by atoms with Gasteiger partial charge in [0.1, 0.15) is 39.8 Å². The number of hydrogen-bond acceptors (Lipinski definition) is 14. The average Bonchev–Trinajstić information content (AvgIpc) is 2.19. The Labute approximate surface area is 543 Å². The van der Waals surface area contributed by atoms with Gasteiger partial charge in [-0.15, -0.1) is 0 Å². The largest absolute Gasteiger partial charge is 0.367 e. The molecule has 3 fully saturated rings. The SMILES string of the molecule is C=C(OCC)c1cc(NC2CCC(F)(F)CC2)nc(-n2nc(C)cc2C)n1.C=[C](C)[Sn]([CH2]CCC)([CH2]CCC)[CH2]CCC.CC(=O)c1cc(NC2CCC(F)(F)CC2)nc(-n2nc(C)cc2C)n1.Cc1cc(C)n(-c2nc(Cl)cc(NC3CCC(F)(F)CC3)n2)n1. The summed E-state index contributed by atoms with van der Waals surface area (Å²) in [5.74, 6) is -4.85. The van der Waals surface area contributed by atoms with E-state index < -0.39 is 36.1 Å². The van der Waals surface area contributed by atoms with Crippen molar-refractivity contribution in [1.82, 2.24) is 59.2 Å². The van der Waals surface area contributed by atoms with Crippen LogP contribution >= 0.6 is 11.6 Å². The smallest absolute Gasteiger partial charge is 0.254 e. The third-order valence-electron chi connectivity index (χ3n) is 16.8. The Balaban J connectivity index is 0.000000196. The molecule has 3 N–H and O–H groups in total. The number of rotatable bonds is 23. The van der Waals surface area contributed by atoms with Gasteiger partial charge in [-0.05, 0) is 105 Å². The van der Waals surface area contributed by atoms with Crippen LogP contribution in [0.15, 0.2) is 53.1 Å². The number of aromatic nitrogens is 12. The van der Waals surface area contributed by atoms with E-state index >= 15 is 0 Å². The average molecular weight is 1400 g/mol. The molecule has 9 rings (SSSR count). The summed E-state index contributed by atoms with van der Waals surface area (Å²) in [7, 11) is 0. The van der Waals surface area contributed by atoms with Crippen LogP contribution in [0.2, 0.25) is 18.5 Å². The number of halogens is 7. The molecule has 25 heteroatoms. The van der Waals surface area contributed by atoms with Crippen LogP contribution in [0.3, 0.4) is 0 Å². The van der Waals surface area contributed by atoms with Crippen LogP contribution in [0.5, 0.6) is 0 Å². The zero-order chi connectivity index (χ0) is 66.8. The number of Topliss-reactive ketones (excluding diaryl/α,β-unsaturated/α-hetero) is 1. The Morgan fingerprint density at radius 2 is 0.846 bits per heavy atom. The van der Waals surface area contributed by atoms with E-state index in [1.807, 2.05) is 66.7 Å². The summed E-state index contributed by atoms with van der Waals surface area (Å²) < 4.78 is 96.6. The molecule has 6 heterocycles. The van der Waals surface area contributed by atoms with Crippen molar-refractivity contribution >= 4 is 59.0 Å².